The molecule has 0 radical (unpaired) electrons. The van der Waals surface area contributed by atoms with Gasteiger partial charge in [0.1, 0.15) is 0 Å². The molecular weight excluding hydrogens is 222 g/mol. The van der Waals surface area contributed by atoms with Crippen LogP contribution in [0.1, 0.15) is 23.1 Å². The Labute approximate surface area is 108 Å². The van der Waals surface area contributed by atoms with Crippen LogP contribution in [0.25, 0.3) is 0 Å². The van der Waals surface area contributed by atoms with E-state index in [4.69, 9.17) is 0 Å². The molecule has 1 atom stereocenters. The van der Waals surface area contributed by atoms with Crippen molar-refractivity contribution >= 4 is 0 Å². The molecule has 0 bridgehead atoms. The molecule has 1 unspecified atom stereocenters. The number of aliphatic hydroxyl groups is 1. The molecule has 1 aromatic heterocycles. The fourth-order valence-electron chi connectivity index (χ4n) is 2.09. The molecular formula is C16H19NO. The largest absolute Gasteiger partial charge is 0.393 e. The highest BCUT2D eigenvalue weighted by Crippen LogP contribution is 2.10. The van der Waals surface area contributed by atoms with Crippen molar-refractivity contribution in [1.29, 1.82) is 0 Å². The van der Waals surface area contributed by atoms with Crippen molar-refractivity contribution in [3.05, 3.63) is 65.5 Å². The Hall–Kier alpha value is -1.67. The van der Waals surface area contributed by atoms with E-state index in [0.717, 1.165) is 18.4 Å². The Morgan fingerprint density at radius 1 is 1.17 bits per heavy atom. The number of nitrogens with zero attached hydrogens (tertiary/aromatic N) is 1. The van der Waals surface area contributed by atoms with Gasteiger partial charge in [-0.1, -0.05) is 35.9 Å². The van der Waals surface area contributed by atoms with Crippen LogP contribution in [-0.4, -0.2) is 16.2 Å². The van der Waals surface area contributed by atoms with Gasteiger partial charge in [0.2, 0.25) is 0 Å². The van der Waals surface area contributed by atoms with E-state index in [2.05, 4.69) is 36.2 Å². The van der Waals surface area contributed by atoms with Crippen LogP contribution in [0, 0.1) is 6.92 Å². The van der Waals surface area contributed by atoms with Gasteiger partial charge >= 0.3 is 0 Å². The van der Waals surface area contributed by atoms with Crippen LogP contribution in [0.2, 0.25) is 0 Å². The molecule has 0 aliphatic carbocycles. The average Bonchev–Trinajstić information content (AvgIpc) is 2.38. The number of rotatable bonds is 5. The number of aryl methyl sites for hydroxylation is 2. The summed E-state index contributed by atoms with van der Waals surface area (Å²) in [6.07, 6.45) is 5.66. The summed E-state index contributed by atoms with van der Waals surface area (Å²) in [5.74, 6) is 0. The van der Waals surface area contributed by atoms with E-state index in [1.54, 1.807) is 6.20 Å². The first-order chi connectivity index (χ1) is 8.74. The summed E-state index contributed by atoms with van der Waals surface area (Å²) in [7, 11) is 0. The molecule has 1 aromatic carbocycles. The minimum absolute atomic E-state index is 0.297. The lowest BCUT2D eigenvalue weighted by atomic mass is 10.0. The molecule has 0 spiro atoms. The topological polar surface area (TPSA) is 33.1 Å². The fourth-order valence-corrected chi connectivity index (χ4v) is 2.09. The number of benzene rings is 1. The maximum Gasteiger partial charge on any atom is 0.0584 e. The van der Waals surface area contributed by atoms with E-state index < -0.39 is 0 Å². The maximum absolute atomic E-state index is 10.0. The van der Waals surface area contributed by atoms with E-state index in [0.29, 0.717) is 6.42 Å². The second kappa shape index (κ2) is 6.31. The molecule has 0 aliphatic rings. The van der Waals surface area contributed by atoms with E-state index in [1.165, 1.54) is 11.1 Å². The first-order valence-corrected chi connectivity index (χ1v) is 6.36. The standard InChI is InChI=1S/C16H19NO/c1-13-4-2-5-14(10-13)7-8-16(18)11-15-6-3-9-17-12-15/h2-6,9-10,12,16,18H,7-8,11H2,1H3. The van der Waals surface area contributed by atoms with Gasteiger partial charge in [-0.3, -0.25) is 4.98 Å². The lowest BCUT2D eigenvalue weighted by Gasteiger charge is -2.10. The highest BCUT2D eigenvalue weighted by Gasteiger charge is 2.06. The Balaban J connectivity index is 1.83. The third-order valence-electron chi connectivity index (χ3n) is 3.04. The molecule has 0 amide bonds. The quantitative estimate of drug-likeness (QED) is 0.873. The smallest absolute Gasteiger partial charge is 0.0584 e. The molecule has 18 heavy (non-hydrogen) atoms. The van der Waals surface area contributed by atoms with Crippen LogP contribution >= 0.6 is 0 Å². The molecule has 2 nitrogen and oxygen atoms in total. The summed E-state index contributed by atoms with van der Waals surface area (Å²) in [4.78, 5) is 4.06. The first-order valence-electron chi connectivity index (χ1n) is 6.36. The van der Waals surface area contributed by atoms with Gasteiger partial charge in [-0.25, -0.2) is 0 Å². The Morgan fingerprint density at radius 3 is 2.72 bits per heavy atom. The number of pyridine rings is 1. The van der Waals surface area contributed by atoms with Crippen LogP contribution in [0.3, 0.4) is 0 Å². The lowest BCUT2D eigenvalue weighted by Crippen LogP contribution is -2.11. The van der Waals surface area contributed by atoms with Gasteiger partial charge < -0.3 is 5.11 Å². The molecule has 0 saturated carbocycles. The van der Waals surface area contributed by atoms with Gasteiger partial charge in [0.05, 0.1) is 6.10 Å². The summed E-state index contributed by atoms with van der Waals surface area (Å²) in [6.45, 7) is 2.09. The monoisotopic (exact) mass is 241 g/mol. The molecule has 2 aromatic rings. The van der Waals surface area contributed by atoms with E-state index >= 15 is 0 Å². The van der Waals surface area contributed by atoms with Crippen LogP contribution < -0.4 is 0 Å². The van der Waals surface area contributed by atoms with Crippen molar-refractivity contribution in [3.8, 4) is 0 Å². The first kappa shape index (κ1) is 12.8. The van der Waals surface area contributed by atoms with Gasteiger partial charge in [-0.05, 0) is 43.4 Å². The molecule has 0 aliphatic heterocycles. The number of aromatic nitrogens is 1. The summed E-state index contributed by atoms with van der Waals surface area (Å²) in [5.41, 5.74) is 3.66. The van der Waals surface area contributed by atoms with Crippen molar-refractivity contribution in [2.24, 2.45) is 0 Å². The van der Waals surface area contributed by atoms with Crippen molar-refractivity contribution < 1.29 is 5.11 Å². The van der Waals surface area contributed by atoms with Crippen LogP contribution in [0.4, 0.5) is 0 Å². The van der Waals surface area contributed by atoms with Gasteiger partial charge in [-0.15, -0.1) is 0 Å². The third-order valence-corrected chi connectivity index (χ3v) is 3.04. The van der Waals surface area contributed by atoms with E-state index in [9.17, 15) is 5.11 Å². The minimum atomic E-state index is -0.297. The fraction of sp³-hybridized carbons (Fsp3) is 0.312. The molecule has 0 saturated heterocycles. The molecule has 0 fully saturated rings. The van der Waals surface area contributed by atoms with Gasteiger partial charge in [0, 0.05) is 12.4 Å². The predicted molar refractivity (Wildman–Crippen MR) is 73.4 cm³/mol. The molecule has 94 valence electrons. The predicted octanol–water partition coefficient (Wildman–Crippen LogP) is 2.93. The highest BCUT2D eigenvalue weighted by molar-refractivity contribution is 5.22. The van der Waals surface area contributed by atoms with Gasteiger partial charge in [-0.2, -0.15) is 0 Å². The van der Waals surface area contributed by atoms with Crippen LogP contribution in [0.15, 0.2) is 48.8 Å². The maximum atomic E-state index is 10.0. The second-order valence-corrected chi connectivity index (χ2v) is 4.75. The molecule has 2 rings (SSSR count). The molecule has 1 N–H and O–H groups in total. The van der Waals surface area contributed by atoms with Crippen LogP contribution in [0.5, 0.6) is 0 Å². The van der Waals surface area contributed by atoms with Crippen LogP contribution in [-0.2, 0) is 12.8 Å². The summed E-state index contributed by atoms with van der Waals surface area (Å²) in [6, 6.07) is 12.4. The third kappa shape index (κ3) is 3.97. The SMILES string of the molecule is Cc1cccc(CCC(O)Cc2cccnc2)c1. The van der Waals surface area contributed by atoms with Crippen molar-refractivity contribution in [2.45, 2.75) is 32.3 Å². The molecule has 1 heterocycles. The van der Waals surface area contributed by atoms with Crippen molar-refractivity contribution in [2.75, 3.05) is 0 Å². The average molecular weight is 241 g/mol. The number of hydrogen-bond acceptors (Lipinski definition) is 2. The van der Waals surface area contributed by atoms with Crippen molar-refractivity contribution in [3.63, 3.8) is 0 Å². The second-order valence-electron chi connectivity index (χ2n) is 4.75. The normalized spacial score (nSPS) is 12.3. The number of hydrogen-bond donors (Lipinski definition) is 1. The van der Waals surface area contributed by atoms with E-state index in [1.807, 2.05) is 18.3 Å². The summed E-state index contributed by atoms with van der Waals surface area (Å²) in [5, 5.41) is 10.0. The zero-order chi connectivity index (χ0) is 12.8. The lowest BCUT2D eigenvalue weighted by molar-refractivity contribution is 0.165. The Kier molecular flexibility index (Phi) is 4.48. The van der Waals surface area contributed by atoms with Gasteiger partial charge in [0.15, 0.2) is 0 Å². The van der Waals surface area contributed by atoms with E-state index in [-0.39, 0.29) is 6.10 Å². The summed E-state index contributed by atoms with van der Waals surface area (Å²) < 4.78 is 0. The van der Waals surface area contributed by atoms with Crippen molar-refractivity contribution in [1.82, 2.24) is 4.98 Å². The van der Waals surface area contributed by atoms with Gasteiger partial charge in [0.25, 0.3) is 0 Å². The Morgan fingerprint density at radius 2 is 2.00 bits per heavy atom. The highest BCUT2D eigenvalue weighted by atomic mass is 16.3. The Bertz CT molecular complexity index is 481. The zero-order valence-corrected chi connectivity index (χ0v) is 10.7. The summed E-state index contributed by atoms with van der Waals surface area (Å²) >= 11 is 0. The zero-order valence-electron chi connectivity index (χ0n) is 10.7. The molecule has 2 heteroatoms. The minimum Gasteiger partial charge on any atom is -0.393 e. The number of aliphatic hydroxyl groups excluding tert-OH is 1.